The maximum Gasteiger partial charge on any atom is 0.135 e. The predicted octanol–water partition coefficient (Wildman–Crippen LogP) is 2.89. The summed E-state index contributed by atoms with van der Waals surface area (Å²) in [5.74, 6) is 1.85. The Labute approximate surface area is 125 Å². The summed E-state index contributed by atoms with van der Waals surface area (Å²) in [4.78, 5) is 13.1. The number of nitrogens with one attached hydrogen (secondary N) is 1. The largest absolute Gasteiger partial charge is 0.378 e. The van der Waals surface area contributed by atoms with E-state index in [-0.39, 0.29) is 0 Å². The highest BCUT2D eigenvalue weighted by atomic mass is 15.2. The van der Waals surface area contributed by atoms with Crippen LogP contribution in [0.3, 0.4) is 0 Å². The number of rotatable bonds is 4. The minimum atomic E-state index is 0.838. The van der Waals surface area contributed by atoms with Crippen LogP contribution in [-0.4, -0.2) is 37.2 Å². The minimum Gasteiger partial charge on any atom is -0.378 e. The predicted molar refractivity (Wildman–Crippen MR) is 87.5 cm³/mol. The number of anilines is 4. The lowest BCUT2D eigenvalue weighted by Gasteiger charge is -2.17. The summed E-state index contributed by atoms with van der Waals surface area (Å²) in [5, 5.41) is 3.34. The van der Waals surface area contributed by atoms with Crippen LogP contribution in [0.1, 0.15) is 12.8 Å². The van der Waals surface area contributed by atoms with E-state index in [1.54, 1.807) is 6.33 Å². The van der Waals surface area contributed by atoms with Gasteiger partial charge in [-0.05, 0) is 37.1 Å². The van der Waals surface area contributed by atoms with Crippen LogP contribution in [0, 0.1) is 0 Å². The van der Waals surface area contributed by atoms with E-state index in [4.69, 9.17) is 0 Å². The zero-order valence-electron chi connectivity index (χ0n) is 12.6. The van der Waals surface area contributed by atoms with Gasteiger partial charge in [0.25, 0.3) is 0 Å². The van der Waals surface area contributed by atoms with Crippen molar-refractivity contribution >= 4 is 23.0 Å². The molecule has 0 amide bonds. The van der Waals surface area contributed by atoms with Gasteiger partial charge in [0.15, 0.2) is 0 Å². The third-order valence-corrected chi connectivity index (χ3v) is 3.74. The zero-order chi connectivity index (χ0) is 14.7. The van der Waals surface area contributed by atoms with Gasteiger partial charge in [-0.15, -0.1) is 0 Å². The topological polar surface area (TPSA) is 44.3 Å². The minimum absolute atomic E-state index is 0.838. The smallest absolute Gasteiger partial charge is 0.135 e. The molecule has 0 radical (unpaired) electrons. The van der Waals surface area contributed by atoms with Crippen molar-refractivity contribution in [2.75, 3.05) is 42.3 Å². The van der Waals surface area contributed by atoms with Crippen molar-refractivity contribution in [1.29, 1.82) is 0 Å². The second-order valence-corrected chi connectivity index (χ2v) is 5.52. The fourth-order valence-corrected chi connectivity index (χ4v) is 2.53. The molecule has 2 aromatic rings. The first kappa shape index (κ1) is 13.7. The molecule has 0 bridgehead atoms. The molecule has 0 aliphatic carbocycles. The molecule has 0 unspecified atom stereocenters. The molecule has 21 heavy (non-hydrogen) atoms. The zero-order valence-corrected chi connectivity index (χ0v) is 12.6. The van der Waals surface area contributed by atoms with Gasteiger partial charge in [-0.2, -0.15) is 0 Å². The Balaban J connectivity index is 1.73. The second-order valence-electron chi connectivity index (χ2n) is 5.52. The number of hydrogen-bond acceptors (Lipinski definition) is 5. The molecule has 1 aromatic carbocycles. The maximum atomic E-state index is 4.37. The van der Waals surface area contributed by atoms with Gasteiger partial charge in [0.2, 0.25) is 0 Å². The van der Waals surface area contributed by atoms with Crippen molar-refractivity contribution in [3.63, 3.8) is 0 Å². The van der Waals surface area contributed by atoms with E-state index < -0.39 is 0 Å². The van der Waals surface area contributed by atoms with Crippen LogP contribution >= 0.6 is 0 Å². The number of benzene rings is 1. The van der Waals surface area contributed by atoms with Crippen molar-refractivity contribution in [2.45, 2.75) is 12.8 Å². The van der Waals surface area contributed by atoms with Crippen LogP contribution < -0.4 is 15.1 Å². The molecule has 0 atom stereocenters. The van der Waals surface area contributed by atoms with Crippen molar-refractivity contribution in [3.05, 3.63) is 36.7 Å². The van der Waals surface area contributed by atoms with Crippen molar-refractivity contribution in [3.8, 4) is 0 Å². The average molecular weight is 283 g/mol. The molecule has 3 rings (SSSR count). The molecule has 0 spiro atoms. The lowest BCUT2D eigenvalue weighted by Crippen LogP contribution is -2.19. The summed E-state index contributed by atoms with van der Waals surface area (Å²) in [5.41, 5.74) is 2.22. The summed E-state index contributed by atoms with van der Waals surface area (Å²) in [6, 6.07) is 10.3. The lowest BCUT2D eigenvalue weighted by molar-refractivity contribution is 0.928. The number of nitrogens with zero attached hydrogens (tertiary/aromatic N) is 4. The van der Waals surface area contributed by atoms with Crippen molar-refractivity contribution < 1.29 is 0 Å². The van der Waals surface area contributed by atoms with E-state index in [1.165, 1.54) is 18.5 Å². The lowest BCUT2D eigenvalue weighted by atomic mass is 10.2. The summed E-state index contributed by atoms with van der Waals surface area (Å²) >= 11 is 0. The highest BCUT2D eigenvalue weighted by molar-refractivity contribution is 5.62. The first-order valence-corrected chi connectivity index (χ1v) is 7.34. The van der Waals surface area contributed by atoms with Gasteiger partial charge in [-0.25, -0.2) is 9.97 Å². The van der Waals surface area contributed by atoms with E-state index in [9.17, 15) is 0 Å². The highest BCUT2D eigenvalue weighted by Gasteiger charge is 2.13. The van der Waals surface area contributed by atoms with Crippen molar-refractivity contribution in [1.82, 2.24) is 9.97 Å². The molecule has 1 aromatic heterocycles. The molecule has 1 saturated heterocycles. The Morgan fingerprint density at radius 3 is 2.43 bits per heavy atom. The van der Waals surface area contributed by atoms with E-state index in [0.29, 0.717) is 0 Å². The monoisotopic (exact) mass is 283 g/mol. The van der Waals surface area contributed by atoms with Gasteiger partial charge in [-0.3, -0.25) is 0 Å². The first-order chi connectivity index (χ1) is 10.2. The van der Waals surface area contributed by atoms with Gasteiger partial charge in [0.1, 0.15) is 18.0 Å². The number of aromatic nitrogens is 2. The van der Waals surface area contributed by atoms with Gasteiger partial charge in [0.05, 0.1) is 0 Å². The van der Waals surface area contributed by atoms with Crippen molar-refractivity contribution in [2.24, 2.45) is 0 Å². The van der Waals surface area contributed by atoms with Crippen LogP contribution in [0.2, 0.25) is 0 Å². The maximum absolute atomic E-state index is 4.37. The first-order valence-electron chi connectivity index (χ1n) is 7.34. The normalized spacial score (nSPS) is 14.3. The Bertz CT molecular complexity index is 588. The SMILES string of the molecule is CN(C)c1ccc(Nc2cc(N3CCCC3)ncn2)cc1. The Morgan fingerprint density at radius 2 is 1.76 bits per heavy atom. The van der Waals surface area contributed by atoms with Gasteiger partial charge in [-0.1, -0.05) is 0 Å². The molecule has 1 aliphatic rings. The summed E-state index contributed by atoms with van der Waals surface area (Å²) in [6.07, 6.45) is 4.13. The standard InChI is InChI=1S/C16H21N5/c1-20(2)14-7-5-13(6-8-14)19-15-11-16(18-12-17-15)21-9-3-4-10-21/h5-8,11-12H,3-4,9-10H2,1-2H3,(H,17,18,19). The molecule has 1 fully saturated rings. The Morgan fingerprint density at radius 1 is 1.05 bits per heavy atom. The second kappa shape index (κ2) is 5.99. The van der Waals surface area contributed by atoms with Gasteiger partial charge < -0.3 is 15.1 Å². The molecule has 110 valence electrons. The highest BCUT2D eigenvalue weighted by Crippen LogP contribution is 2.22. The molecule has 2 heterocycles. The molecule has 5 heteroatoms. The van der Waals surface area contributed by atoms with Crippen LogP contribution in [0.5, 0.6) is 0 Å². The third kappa shape index (κ3) is 3.24. The quantitative estimate of drug-likeness (QED) is 0.934. The molecular formula is C16H21N5. The fraction of sp³-hybridized carbons (Fsp3) is 0.375. The average Bonchev–Trinajstić information content (AvgIpc) is 3.02. The fourth-order valence-electron chi connectivity index (χ4n) is 2.53. The molecule has 1 aliphatic heterocycles. The third-order valence-electron chi connectivity index (χ3n) is 3.74. The van der Waals surface area contributed by atoms with E-state index in [0.717, 1.165) is 30.4 Å². The van der Waals surface area contributed by atoms with E-state index >= 15 is 0 Å². The molecule has 1 N–H and O–H groups in total. The Kier molecular flexibility index (Phi) is 3.90. The Hall–Kier alpha value is -2.30. The summed E-state index contributed by atoms with van der Waals surface area (Å²) in [7, 11) is 4.07. The molecule has 5 nitrogen and oxygen atoms in total. The van der Waals surface area contributed by atoms with Crippen LogP contribution in [0.15, 0.2) is 36.7 Å². The molecular weight excluding hydrogens is 262 g/mol. The number of hydrogen-bond donors (Lipinski definition) is 1. The van der Waals surface area contributed by atoms with Gasteiger partial charge >= 0.3 is 0 Å². The summed E-state index contributed by atoms with van der Waals surface area (Å²) in [6.45, 7) is 2.18. The van der Waals surface area contributed by atoms with E-state index in [1.807, 2.05) is 20.2 Å². The van der Waals surface area contributed by atoms with Crippen LogP contribution in [0.25, 0.3) is 0 Å². The summed E-state index contributed by atoms with van der Waals surface area (Å²) < 4.78 is 0. The van der Waals surface area contributed by atoms with Crippen LogP contribution in [-0.2, 0) is 0 Å². The van der Waals surface area contributed by atoms with Gasteiger partial charge in [0, 0.05) is 44.6 Å². The molecule has 0 saturated carbocycles. The van der Waals surface area contributed by atoms with Crippen LogP contribution in [0.4, 0.5) is 23.0 Å². The van der Waals surface area contributed by atoms with E-state index in [2.05, 4.69) is 49.4 Å².